The zero-order chi connectivity index (χ0) is 14.9. The number of benzene rings is 1. The average molecular weight is 294 g/mol. The lowest BCUT2D eigenvalue weighted by Crippen LogP contribution is -2.32. The van der Waals surface area contributed by atoms with Crippen LogP contribution in [-0.4, -0.2) is 32.2 Å². The van der Waals surface area contributed by atoms with Crippen molar-refractivity contribution in [1.82, 2.24) is 19.6 Å². The Bertz CT molecular complexity index is 809. The van der Waals surface area contributed by atoms with Crippen LogP contribution in [0.3, 0.4) is 0 Å². The fourth-order valence-corrected chi connectivity index (χ4v) is 2.94. The van der Waals surface area contributed by atoms with Crippen molar-refractivity contribution in [2.45, 2.75) is 25.8 Å². The Balaban J connectivity index is 1.50. The molecule has 0 amide bonds. The molecule has 4 rings (SSSR count). The highest BCUT2D eigenvalue weighted by Gasteiger charge is 2.17. The molecule has 6 nitrogen and oxygen atoms in total. The lowest BCUT2D eigenvalue weighted by molar-refractivity contribution is 0.652. The number of anilines is 2. The van der Waals surface area contributed by atoms with Crippen LogP contribution in [0.5, 0.6) is 0 Å². The van der Waals surface area contributed by atoms with Gasteiger partial charge >= 0.3 is 0 Å². The van der Waals surface area contributed by atoms with Crippen LogP contribution in [0.15, 0.2) is 36.7 Å². The fourth-order valence-electron chi connectivity index (χ4n) is 2.94. The molecule has 1 unspecified atom stereocenters. The highest BCUT2D eigenvalue weighted by molar-refractivity contribution is 5.54. The van der Waals surface area contributed by atoms with Crippen LogP contribution < -0.4 is 10.6 Å². The van der Waals surface area contributed by atoms with Gasteiger partial charge in [0, 0.05) is 30.0 Å². The Morgan fingerprint density at radius 1 is 1.36 bits per heavy atom. The first-order chi connectivity index (χ1) is 10.8. The van der Waals surface area contributed by atoms with Crippen LogP contribution >= 0.6 is 0 Å². The molecule has 2 aromatic heterocycles. The highest BCUT2D eigenvalue weighted by Crippen LogP contribution is 2.24. The third-order valence-corrected chi connectivity index (χ3v) is 4.05. The number of aromatic nitrogens is 4. The smallest absolute Gasteiger partial charge is 0.254 e. The molecule has 0 spiro atoms. The van der Waals surface area contributed by atoms with E-state index in [0.717, 1.165) is 30.9 Å². The first kappa shape index (κ1) is 13.1. The second-order valence-corrected chi connectivity index (χ2v) is 5.67. The molecule has 1 aliphatic heterocycles. The van der Waals surface area contributed by atoms with E-state index in [4.69, 9.17) is 0 Å². The van der Waals surface area contributed by atoms with Gasteiger partial charge in [0.1, 0.15) is 12.1 Å². The number of hydrogen-bond donors (Lipinski definition) is 2. The number of fused-ring (bicyclic) bond motifs is 2. The number of aryl methyl sites for hydroxylation is 2. The van der Waals surface area contributed by atoms with Gasteiger partial charge in [0.05, 0.1) is 0 Å². The Kier molecular flexibility index (Phi) is 3.14. The van der Waals surface area contributed by atoms with Gasteiger partial charge in [-0.3, -0.25) is 0 Å². The highest BCUT2D eigenvalue weighted by atomic mass is 15.4. The molecule has 3 heterocycles. The number of rotatable bonds is 3. The summed E-state index contributed by atoms with van der Waals surface area (Å²) in [5.41, 5.74) is 3.58. The van der Waals surface area contributed by atoms with E-state index in [1.165, 1.54) is 17.6 Å². The summed E-state index contributed by atoms with van der Waals surface area (Å²) in [6.07, 6.45) is 3.76. The van der Waals surface area contributed by atoms with E-state index in [2.05, 4.69) is 50.0 Å². The maximum atomic E-state index is 4.35. The van der Waals surface area contributed by atoms with Crippen LogP contribution in [-0.2, 0) is 6.42 Å². The van der Waals surface area contributed by atoms with Crippen molar-refractivity contribution in [2.24, 2.45) is 0 Å². The summed E-state index contributed by atoms with van der Waals surface area (Å²) in [7, 11) is 0. The largest absolute Gasteiger partial charge is 0.380 e. The Hall–Kier alpha value is -2.63. The number of para-hydroxylation sites is 1. The third kappa shape index (κ3) is 2.36. The number of nitrogens with zero attached hydrogens (tertiary/aromatic N) is 4. The molecular weight excluding hydrogens is 276 g/mol. The molecule has 0 saturated carbocycles. The summed E-state index contributed by atoms with van der Waals surface area (Å²) >= 11 is 0. The third-order valence-electron chi connectivity index (χ3n) is 4.05. The van der Waals surface area contributed by atoms with Gasteiger partial charge in [0.15, 0.2) is 0 Å². The van der Waals surface area contributed by atoms with E-state index in [0.29, 0.717) is 11.8 Å². The van der Waals surface area contributed by atoms with Crippen LogP contribution in [0.25, 0.3) is 5.78 Å². The standard InChI is InChI=1S/C16H18N6/c1-11-8-15(22-16(20-11)18-10-19-22)17-9-13-7-6-12-4-2-3-5-14(12)21-13/h2-5,8,10,13,17,21H,6-7,9H2,1H3. The van der Waals surface area contributed by atoms with Gasteiger partial charge in [0.25, 0.3) is 5.78 Å². The van der Waals surface area contributed by atoms with Gasteiger partial charge < -0.3 is 10.6 Å². The lowest BCUT2D eigenvalue weighted by atomic mass is 9.98. The van der Waals surface area contributed by atoms with Crippen molar-refractivity contribution in [3.63, 3.8) is 0 Å². The molecule has 3 aromatic rings. The molecule has 0 aliphatic carbocycles. The topological polar surface area (TPSA) is 67.1 Å². The maximum Gasteiger partial charge on any atom is 0.254 e. The molecule has 0 bridgehead atoms. The van der Waals surface area contributed by atoms with Crippen LogP contribution in [0.1, 0.15) is 17.7 Å². The molecule has 1 aromatic carbocycles. The van der Waals surface area contributed by atoms with Crippen molar-refractivity contribution in [1.29, 1.82) is 0 Å². The van der Waals surface area contributed by atoms with E-state index < -0.39 is 0 Å². The minimum Gasteiger partial charge on any atom is -0.380 e. The van der Waals surface area contributed by atoms with Crippen LogP contribution in [0, 0.1) is 6.92 Å². The van der Waals surface area contributed by atoms with Crippen molar-refractivity contribution >= 4 is 17.3 Å². The minimum atomic E-state index is 0.405. The first-order valence-corrected chi connectivity index (χ1v) is 7.55. The fraction of sp³-hybridized carbons (Fsp3) is 0.312. The van der Waals surface area contributed by atoms with Crippen molar-refractivity contribution in [3.8, 4) is 0 Å². The monoisotopic (exact) mass is 294 g/mol. The van der Waals surface area contributed by atoms with Gasteiger partial charge in [-0.05, 0) is 31.4 Å². The van der Waals surface area contributed by atoms with Crippen molar-refractivity contribution in [3.05, 3.63) is 47.9 Å². The minimum absolute atomic E-state index is 0.405. The van der Waals surface area contributed by atoms with E-state index >= 15 is 0 Å². The molecule has 22 heavy (non-hydrogen) atoms. The summed E-state index contributed by atoms with van der Waals surface area (Å²) in [6.45, 7) is 2.81. The molecule has 0 fully saturated rings. The van der Waals surface area contributed by atoms with Crippen LogP contribution in [0.4, 0.5) is 11.5 Å². The summed E-state index contributed by atoms with van der Waals surface area (Å²) < 4.78 is 1.74. The van der Waals surface area contributed by atoms with Crippen LogP contribution in [0.2, 0.25) is 0 Å². The van der Waals surface area contributed by atoms with Crippen molar-refractivity contribution in [2.75, 3.05) is 17.2 Å². The molecule has 2 N–H and O–H groups in total. The molecule has 112 valence electrons. The summed E-state index contributed by atoms with van der Waals surface area (Å²) in [5.74, 6) is 1.56. The van der Waals surface area contributed by atoms with E-state index in [1.807, 2.05) is 13.0 Å². The molecule has 0 radical (unpaired) electrons. The Labute approximate surface area is 128 Å². The summed E-state index contributed by atoms with van der Waals surface area (Å²) in [5, 5.41) is 11.3. The quantitative estimate of drug-likeness (QED) is 0.775. The predicted octanol–water partition coefficient (Wildman–Crippen LogP) is 2.27. The number of hydrogen-bond acceptors (Lipinski definition) is 5. The molecule has 6 heteroatoms. The Morgan fingerprint density at radius 3 is 3.23 bits per heavy atom. The summed E-state index contributed by atoms with van der Waals surface area (Å²) in [6, 6.07) is 10.9. The molecular formula is C16H18N6. The summed E-state index contributed by atoms with van der Waals surface area (Å²) in [4.78, 5) is 8.50. The lowest BCUT2D eigenvalue weighted by Gasteiger charge is -2.27. The van der Waals surface area contributed by atoms with Gasteiger partial charge in [-0.15, -0.1) is 0 Å². The Morgan fingerprint density at radius 2 is 2.27 bits per heavy atom. The maximum absolute atomic E-state index is 4.35. The average Bonchev–Trinajstić information content (AvgIpc) is 3.00. The zero-order valence-electron chi connectivity index (χ0n) is 12.5. The SMILES string of the molecule is Cc1cc(NCC2CCc3ccccc3N2)n2ncnc2n1. The number of nitrogens with one attached hydrogen (secondary N) is 2. The van der Waals surface area contributed by atoms with E-state index in [1.54, 1.807) is 4.52 Å². The van der Waals surface area contributed by atoms with E-state index in [9.17, 15) is 0 Å². The first-order valence-electron chi connectivity index (χ1n) is 7.55. The predicted molar refractivity (Wildman–Crippen MR) is 86.2 cm³/mol. The second kappa shape index (κ2) is 5.29. The van der Waals surface area contributed by atoms with Crippen molar-refractivity contribution < 1.29 is 0 Å². The zero-order valence-corrected chi connectivity index (χ0v) is 12.5. The second-order valence-electron chi connectivity index (χ2n) is 5.67. The molecule has 0 saturated heterocycles. The van der Waals surface area contributed by atoms with Gasteiger partial charge in [-0.25, -0.2) is 4.98 Å². The van der Waals surface area contributed by atoms with Gasteiger partial charge in [-0.2, -0.15) is 14.6 Å². The normalized spacial score (nSPS) is 17.0. The van der Waals surface area contributed by atoms with E-state index in [-0.39, 0.29) is 0 Å². The van der Waals surface area contributed by atoms with Gasteiger partial charge in [-0.1, -0.05) is 18.2 Å². The molecule has 1 aliphatic rings. The van der Waals surface area contributed by atoms with Gasteiger partial charge in [0.2, 0.25) is 0 Å². The molecule has 1 atom stereocenters.